The Morgan fingerprint density at radius 3 is 3.00 bits per heavy atom. The maximum absolute atomic E-state index is 8.62. The lowest BCUT2D eigenvalue weighted by Gasteiger charge is -2.07. The molecule has 68 valence electrons. The van der Waals surface area contributed by atoms with E-state index in [1.54, 1.807) is 12.1 Å². The zero-order chi connectivity index (χ0) is 12.2. The van der Waals surface area contributed by atoms with Gasteiger partial charge < -0.3 is 9.47 Å². The van der Waals surface area contributed by atoms with E-state index in [1.807, 2.05) is 6.07 Å². The van der Waals surface area contributed by atoms with Crippen LogP contribution in [0.15, 0.2) is 18.2 Å². The van der Waals surface area contributed by atoms with Gasteiger partial charge in [0.1, 0.15) is 11.5 Å². The van der Waals surface area contributed by atoms with Crippen molar-refractivity contribution in [3.63, 3.8) is 0 Å². The molecule has 0 aliphatic carbocycles. The van der Waals surface area contributed by atoms with Gasteiger partial charge in [-0.1, -0.05) is 0 Å². The minimum atomic E-state index is -2.52. The molecule has 1 aromatic carbocycles. The fraction of sp³-hybridized carbons (Fsp3) is 0.300. The Labute approximate surface area is 81.7 Å². The van der Waals surface area contributed by atoms with Gasteiger partial charge in [-0.15, -0.1) is 0 Å². The van der Waals surface area contributed by atoms with Gasteiger partial charge in [0.25, 0.3) is 0 Å². The van der Waals surface area contributed by atoms with E-state index in [1.165, 1.54) is 13.2 Å². The average molecular weight is 180 g/mol. The minimum absolute atomic E-state index is 0.0720. The van der Waals surface area contributed by atoms with Crippen molar-refractivity contribution in [3.05, 3.63) is 23.8 Å². The van der Waals surface area contributed by atoms with Gasteiger partial charge >= 0.3 is 0 Å². The normalized spacial score (nSPS) is 13.4. The van der Waals surface area contributed by atoms with Crippen LogP contribution in [0.25, 0.3) is 0 Å². The lowest BCUT2D eigenvalue weighted by Crippen LogP contribution is -1.92. The van der Waals surface area contributed by atoms with Crippen LogP contribution in [0, 0.1) is 11.3 Å². The van der Waals surface area contributed by atoms with Crippen molar-refractivity contribution in [1.29, 1.82) is 5.26 Å². The molecule has 0 amide bonds. The van der Waals surface area contributed by atoms with Gasteiger partial charge in [-0.3, -0.25) is 0 Å². The SMILES string of the molecule is [2H]C([2H])([2H])Oc1ccc(OC)cc1CC#N. The van der Waals surface area contributed by atoms with Gasteiger partial charge in [0, 0.05) is 5.56 Å². The molecule has 0 saturated heterocycles. The average Bonchev–Trinajstić information content (AvgIpc) is 2.19. The Morgan fingerprint density at radius 1 is 1.54 bits per heavy atom. The van der Waals surface area contributed by atoms with Crippen molar-refractivity contribution in [2.24, 2.45) is 0 Å². The molecule has 3 heteroatoms. The number of ether oxygens (including phenoxy) is 2. The van der Waals surface area contributed by atoms with E-state index in [4.69, 9.17) is 18.8 Å². The van der Waals surface area contributed by atoms with Gasteiger partial charge in [-0.25, -0.2) is 0 Å². The summed E-state index contributed by atoms with van der Waals surface area (Å²) in [6.07, 6.45) is 0.0720. The summed E-state index contributed by atoms with van der Waals surface area (Å²) >= 11 is 0. The molecule has 0 unspecified atom stereocenters. The Kier molecular flexibility index (Phi) is 1.97. The van der Waals surface area contributed by atoms with Crippen LogP contribution < -0.4 is 9.47 Å². The van der Waals surface area contributed by atoms with Gasteiger partial charge in [-0.05, 0) is 18.2 Å². The van der Waals surface area contributed by atoms with E-state index in [2.05, 4.69) is 0 Å². The number of hydrogen-bond donors (Lipinski definition) is 0. The van der Waals surface area contributed by atoms with Crippen molar-refractivity contribution in [2.45, 2.75) is 6.42 Å². The quantitative estimate of drug-likeness (QED) is 0.711. The highest BCUT2D eigenvalue weighted by Crippen LogP contribution is 2.23. The molecule has 0 aliphatic rings. The molecule has 13 heavy (non-hydrogen) atoms. The van der Waals surface area contributed by atoms with Crippen molar-refractivity contribution in [3.8, 4) is 17.6 Å². The fourth-order valence-corrected chi connectivity index (χ4v) is 1.01. The first-order chi connectivity index (χ1) is 7.46. The first kappa shape index (κ1) is 5.87. The summed E-state index contributed by atoms with van der Waals surface area (Å²) in [5.41, 5.74) is 0.498. The molecule has 0 N–H and O–H groups in total. The number of rotatable bonds is 3. The molecule has 0 fully saturated rings. The lowest BCUT2D eigenvalue weighted by atomic mass is 10.1. The summed E-state index contributed by atoms with van der Waals surface area (Å²) in [6, 6.07) is 6.60. The van der Waals surface area contributed by atoms with Crippen molar-refractivity contribution in [1.82, 2.24) is 0 Å². The van der Waals surface area contributed by atoms with Gasteiger partial charge in [0.2, 0.25) is 0 Å². The molecular formula is C10H11NO2. The molecule has 0 atom stereocenters. The minimum Gasteiger partial charge on any atom is -0.497 e. The highest BCUT2D eigenvalue weighted by molar-refractivity contribution is 5.41. The number of methoxy groups -OCH3 is 2. The highest BCUT2D eigenvalue weighted by Gasteiger charge is 2.03. The van der Waals surface area contributed by atoms with E-state index in [0.29, 0.717) is 11.3 Å². The van der Waals surface area contributed by atoms with E-state index >= 15 is 0 Å². The van der Waals surface area contributed by atoms with Crippen LogP contribution in [-0.2, 0) is 6.42 Å². The molecule has 0 aliphatic heterocycles. The Hall–Kier alpha value is -1.69. The summed E-state index contributed by atoms with van der Waals surface area (Å²) < 4.78 is 30.7. The molecule has 0 radical (unpaired) electrons. The van der Waals surface area contributed by atoms with Crippen molar-refractivity contribution in [2.75, 3.05) is 14.1 Å². The second-order valence-electron chi connectivity index (χ2n) is 2.41. The van der Waals surface area contributed by atoms with Crippen molar-refractivity contribution < 1.29 is 13.6 Å². The number of nitriles is 1. The Balaban J connectivity index is 3.04. The summed E-state index contributed by atoms with van der Waals surface area (Å²) in [6.45, 7) is 0. The smallest absolute Gasteiger partial charge is 0.123 e. The Morgan fingerprint density at radius 2 is 2.38 bits per heavy atom. The number of nitrogens with zero attached hydrogens (tertiary/aromatic N) is 1. The molecule has 0 saturated carbocycles. The zero-order valence-electron chi connectivity index (χ0n) is 10.2. The first-order valence-electron chi connectivity index (χ1n) is 5.19. The van der Waals surface area contributed by atoms with Crippen LogP contribution in [0.1, 0.15) is 9.68 Å². The van der Waals surface area contributed by atoms with Gasteiger partial charge in [-0.2, -0.15) is 5.26 Å². The largest absolute Gasteiger partial charge is 0.497 e. The van der Waals surface area contributed by atoms with Crippen molar-refractivity contribution >= 4 is 0 Å². The van der Waals surface area contributed by atoms with E-state index in [9.17, 15) is 0 Å². The predicted molar refractivity (Wildman–Crippen MR) is 48.9 cm³/mol. The third kappa shape index (κ3) is 2.12. The highest BCUT2D eigenvalue weighted by atomic mass is 16.5. The third-order valence-electron chi connectivity index (χ3n) is 1.65. The van der Waals surface area contributed by atoms with Crippen LogP contribution in [0.3, 0.4) is 0 Å². The monoisotopic (exact) mass is 180 g/mol. The number of benzene rings is 1. The standard InChI is InChI=1S/C10H11NO2/c1-12-9-3-4-10(13-2)8(7-9)5-6-11/h3-4,7H,5H2,1-2H3/i2D3. The van der Waals surface area contributed by atoms with Gasteiger partial charge in [0.15, 0.2) is 0 Å². The van der Waals surface area contributed by atoms with Crippen LogP contribution in [0.2, 0.25) is 0 Å². The van der Waals surface area contributed by atoms with Crippen LogP contribution >= 0.6 is 0 Å². The molecule has 1 aromatic rings. The van der Waals surface area contributed by atoms with E-state index in [-0.39, 0.29) is 12.2 Å². The molecular weight excluding hydrogens is 166 g/mol. The fourth-order valence-electron chi connectivity index (χ4n) is 1.01. The first-order valence-corrected chi connectivity index (χ1v) is 3.69. The van der Waals surface area contributed by atoms with Crippen LogP contribution in [0.4, 0.5) is 0 Å². The second-order valence-corrected chi connectivity index (χ2v) is 2.41. The third-order valence-corrected chi connectivity index (χ3v) is 1.65. The molecule has 0 bridgehead atoms. The van der Waals surface area contributed by atoms with Gasteiger partial charge in [0.05, 0.1) is 30.8 Å². The van der Waals surface area contributed by atoms with Crippen LogP contribution in [-0.4, -0.2) is 14.1 Å². The number of hydrogen-bond acceptors (Lipinski definition) is 3. The second kappa shape index (κ2) is 4.36. The summed E-state index contributed by atoms with van der Waals surface area (Å²) in [5.74, 6) is 0.741. The summed E-state index contributed by atoms with van der Waals surface area (Å²) in [5, 5.41) is 8.62. The van der Waals surface area contributed by atoms with E-state index in [0.717, 1.165) is 0 Å². The molecule has 0 spiro atoms. The molecule has 3 nitrogen and oxygen atoms in total. The maximum atomic E-state index is 8.62. The molecule has 1 rings (SSSR count). The maximum Gasteiger partial charge on any atom is 0.123 e. The summed E-state index contributed by atoms with van der Waals surface area (Å²) in [4.78, 5) is 0. The predicted octanol–water partition coefficient (Wildman–Crippen LogP) is 1.77. The topological polar surface area (TPSA) is 42.2 Å². The Bertz CT molecular complexity index is 410. The summed E-state index contributed by atoms with van der Waals surface area (Å²) in [7, 11) is -1.02. The molecule has 0 aromatic heterocycles. The lowest BCUT2D eigenvalue weighted by molar-refractivity contribution is 0.400. The van der Waals surface area contributed by atoms with E-state index < -0.39 is 7.04 Å². The van der Waals surface area contributed by atoms with Crippen LogP contribution in [0.5, 0.6) is 11.5 Å². The molecule has 0 heterocycles. The zero-order valence-corrected chi connectivity index (χ0v) is 7.20.